The van der Waals surface area contributed by atoms with Crippen LogP contribution in [0.15, 0.2) is 18.2 Å². The molecule has 2 aromatic rings. The number of hydrogen-bond donors (Lipinski definition) is 1. The van der Waals surface area contributed by atoms with Crippen molar-refractivity contribution in [3.63, 3.8) is 0 Å². The molecule has 1 N–H and O–H groups in total. The highest BCUT2D eigenvalue weighted by Crippen LogP contribution is 2.31. The minimum atomic E-state index is -4.40. The van der Waals surface area contributed by atoms with Gasteiger partial charge in [0.15, 0.2) is 0 Å². The second-order valence-corrected chi connectivity index (χ2v) is 5.57. The highest BCUT2D eigenvalue weighted by atomic mass is 19.4. The van der Waals surface area contributed by atoms with Crippen LogP contribution >= 0.6 is 0 Å². The van der Waals surface area contributed by atoms with Crippen molar-refractivity contribution in [2.45, 2.75) is 19.1 Å². The van der Waals surface area contributed by atoms with Crippen LogP contribution in [-0.4, -0.2) is 28.7 Å². The fourth-order valence-electron chi connectivity index (χ4n) is 2.64. The van der Waals surface area contributed by atoms with E-state index in [0.29, 0.717) is 31.0 Å². The van der Waals surface area contributed by atoms with Gasteiger partial charge >= 0.3 is 6.18 Å². The van der Waals surface area contributed by atoms with E-state index in [-0.39, 0.29) is 23.9 Å². The van der Waals surface area contributed by atoms with E-state index < -0.39 is 11.7 Å². The summed E-state index contributed by atoms with van der Waals surface area (Å²) in [7, 11) is 1.71. The molecule has 0 spiro atoms. The largest absolute Gasteiger partial charge is 0.416 e. The first-order valence-corrected chi connectivity index (χ1v) is 7.24. The second kappa shape index (κ2) is 5.84. The molecule has 8 heteroatoms. The van der Waals surface area contributed by atoms with E-state index in [4.69, 9.17) is 4.74 Å². The van der Waals surface area contributed by atoms with Gasteiger partial charge in [-0.05, 0) is 24.6 Å². The number of benzene rings is 1. The third-order valence-corrected chi connectivity index (χ3v) is 4.02. The zero-order valence-corrected chi connectivity index (χ0v) is 12.5. The Bertz CT molecular complexity index is 733. The summed E-state index contributed by atoms with van der Waals surface area (Å²) in [4.78, 5) is 16.2. The van der Waals surface area contributed by atoms with Gasteiger partial charge in [0.2, 0.25) is 5.91 Å². The lowest BCUT2D eigenvalue weighted by Gasteiger charge is -2.09. The van der Waals surface area contributed by atoms with Crippen molar-refractivity contribution in [2.24, 2.45) is 13.0 Å². The molecule has 5 nitrogen and oxygen atoms in total. The first-order chi connectivity index (χ1) is 10.9. The number of halogens is 3. The Kier molecular flexibility index (Phi) is 4.01. The van der Waals surface area contributed by atoms with Gasteiger partial charge in [0.05, 0.1) is 35.7 Å². The molecule has 23 heavy (non-hydrogen) atoms. The molecular weight excluding hydrogens is 311 g/mol. The van der Waals surface area contributed by atoms with Crippen LogP contribution in [0.5, 0.6) is 0 Å². The number of nitrogens with zero attached hydrogens (tertiary/aromatic N) is 2. The average Bonchev–Trinajstić information content (AvgIpc) is 3.12. The number of fused-ring (bicyclic) bond motifs is 1. The third-order valence-electron chi connectivity index (χ3n) is 4.02. The zero-order chi connectivity index (χ0) is 16.6. The highest BCUT2D eigenvalue weighted by molar-refractivity contribution is 5.79. The number of hydrogen-bond acceptors (Lipinski definition) is 3. The van der Waals surface area contributed by atoms with Crippen molar-refractivity contribution in [3.8, 4) is 0 Å². The smallest absolute Gasteiger partial charge is 0.381 e. The lowest BCUT2D eigenvalue weighted by atomic mass is 10.1. The van der Waals surface area contributed by atoms with E-state index in [1.165, 1.54) is 6.07 Å². The van der Waals surface area contributed by atoms with E-state index in [2.05, 4.69) is 10.3 Å². The summed E-state index contributed by atoms with van der Waals surface area (Å²) in [6, 6.07) is 3.44. The maximum atomic E-state index is 12.7. The van der Waals surface area contributed by atoms with Crippen LogP contribution in [0.3, 0.4) is 0 Å². The Labute approximate surface area is 130 Å². The molecular formula is C15H16F3N3O2. The van der Waals surface area contributed by atoms with Crippen LogP contribution in [0, 0.1) is 5.92 Å². The lowest BCUT2D eigenvalue weighted by molar-refractivity contribution is -0.137. The van der Waals surface area contributed by atoms with Gasteiger partial charge in [0.1, 0.15) is 5.82 Å². The Morgan fingerprint density at radius 3 is 2.91 bits per heavy atom. The summed E-state index contributed by atoms with van der Waals surface area (Å²) in [6.45, 7) is 1.15. The second-order valence-electron chi connectivity index (χ2n) is 5.57. The van der Waals surface area contributed by atoms with Gasteiger partial charge in [-0.25, -0.2) is 4.98 Å². The van der Waals surface area contributed by atoms with Gasteiger partial charge in [0, 0.05) is 13.7 Å². The topological polar surface area (TPSA) is 56.2 Å². The molecule has 1 fully saturated rings. The Morgan fingerprint density at radius 2 is 2.26 bits per heavy atom. The first kappa shape index (κ1) is 15.8. The number of alkyl halides is 3. The molecule has 1 aromatic carbocycles. The molecule has 124 valence electrons. The third kappa shape index (κ3) is 3.17. The monoisotopic (exact) mass is 327 g/mol. The van der Waals surface area contributed by atoms with Gasteiger partial charge in [-0.3, -0.25) is 4.79 Å². The molecule has 3 rings (SSSR count). The Hall–Kier alpha value is -2.09. The number of aryl methyl sites for hydroxylation is 1. The molecule has 1 aliphatic rings. The maximum absolute atomic E-state index is 12.7. The van der Waals surface area contributed by atoms with Gasteiger partial charge in [-0.15, -0.1) is 0 Å². The van der Waals surface area contributed by atoms with Crippen LogP contribution in [-0.2, 0) is 29.3 Å². The van der Waals surface area contributed by atoms with E-state index in [1.807, 2.05) is 0 Å². The minimum absolute atomic E-state index is 0.120. The molecule has 1 aromatic heterocycles. The lowest BCUT2D eigenvalue weighted by Crippen LogP contribution is -2.31. The number of imidazole rings is 1. The molecule has 0 bridgehead atoms. The van der Waals surface area contributed by atoms with Crippen molar-refractivity contribution in [2.75, 3.05) is 13.2 Å². The van der Waals surface area contributed by atoms with E-state index >= 15 is 0 Å². The summed E-state index contributed by atoms with van der Waals surface area (Å²) in [5, 5.41) is 2.76. The summed E-state index contributed by atoms with van der Waals surface area (Å²) in [5.41, 5.74) is 0.115. The number of nitrogens with one attached hydrogen (secondary N) is 1. The first-order valence-electron chi connectivity index (χ1n) is 7.24. The summed E-state index contributed by atoms with van der Waals surface area (Å²) < 4.78 is 45.1. The number of carbonyl (C=O) groups is 1. The van der Waals surface area contributed by atoms with E-state index in [0.717, 1.165) is 12.1 Å². The molecule has 1 aliphatic heterocycles. The van der Waals surface area contributed by atoms with Crippen molar-refractivity contribution in [3.05, 3.63) is 29.6 Å². The highest BCUT2D eigenvalue weighted by Gasteiger charge is 2.31. The van der Waals surface area contributed by atoms with Crippen molar-refractivity contribution in [1.82, 2.24) is 14.9 Å². The maximum Gasteiger partial charge on any atom is 0.416 e. The van der Waals surface area contributed by atoms with Gasteiger partial charge in [-0.1, -0.05) is 0 Å². The number of ether oxygens (including phenoxy) is 1. The van der Waals surface area contributed by atoms with Gasteiger partial charge < -0.3 is 14.6 Å². The molecule has 0 aliphatic carbocycles. The summed E-state index contributed by atoms with van der Waals surface area (Å²) in [6.07, 6.45) is -3.72. The number of amides is 1. The normalized spacial score (nSPS) is 18.5. The minimum Gasteiger partial charge on any atom is -0.381 e. The average molecular weight is 327 g/mol. The molecule has 1 amide bonds. The molecule has 0 saturated carbocycles. The molecule has 0 radical (unpaired) electrons. The van der Waals surface area contributed by atoms with Crippen LogP contribution in [0.1, 0.15) is 17.8 Å². The Balaban J connectivity index is 1.78. The number of aromatic nitrogens is 2. The number of carbonyl (C=O) groups excluding carboxylic acids is 1. The fourth-order valence-corrected chi connectivity index (χ4v) is 2.64. The van der Waals surface area contributed by atoms with E-state index in [1.54, 1.807) is 11.6 Å². The SMILES string of the molecule is Cn1c(CNC(=O)[C@@H]2CCOC2)nc2cc(C(F)(F)F)ccc21. The Morgan fingerprint density at radius 1 is 1.48 bits per heavy atom. The van der Waals surface area contributed by atoms with E-state index in [9.17, 15) is 18.0 Å². The molecule has 1 saturated heterocycles. The predicted molar refractivity (Wildman–Crippen MR) is 76.5 cm³/mol. The van der Waals surface area contributed by atoms with Crippen molar-refractivity contribution < 1.29 is 22.7 Å². The number of rotatable bonds is 3. The van der Waals surface area contributed by atoms with Crippen LogP contribution < -0.4 is 5.32 Å². The van der Waals surface area contributed by atoms with Crippen LogP contribution in [0.4, 0.5) is 13.2 Å². The summed E-state index contributed by atoms with van der Waals surface area (Å²) >= 11 is 0. The molecule has 0 unspecified atom stereocenters. The molecule has 1 atom stereocenters. The molecule has 2 heterocycles. The quantitative estimate of drug-likeness (QED) is 0.941. The van der Waals surface area contributed by atoms with Crippen LogP contribution in [0.2, 0.25) is 0 Å². The standard InChI is InChI=1S/C15H16F3N3O2/c1-21-12-3-2-10(15(16,17)18)6-11(12)20-13(21)7-19-14(22)9-4-5-23-8-9/h2-3,6,9H,4-5,7-8H2,1H3,(H,19,22)/t9-/m1/s1. The summed E-state index contributed by atoms with van der Waals surface area (Å²) in [5.74, 6) is 0.221. The van der Waals surface area contributed by atoms with Crippen LogP contribution in [0.25, 0.3) is 11.0 Å². The van der Waals surface area contributed by atoms with Crippen molar-refractivity contribution >= 4 is 16.9 Å². The fraction of sp³-hybridized carbons (Fsp3) is 0.467. The predicted octanol–water partition coefficient (Wildman–Crippen LogP) is 2.24. The van der Waals surface area contributed by atoms with Gasteiger partial charge in [0.25, 0.3) is 0 Å². The van der Waals surface area contributed by atoms with Crippen molar-refractivity contribution in [1.29, 1.82) is 0 Å². The van der Waals surface area contributed by atoms with Gasteiger partial charge in [-0.2, -0.15) is 13.2 Å². The zero-order valence-electron chi connectivity index (χ0n) is 12.5.